The summed E-state index contributed by atoms with van der Waals surface area (Å²) < 4.78 is 21.4. The van der Waals surface area contributed by atoms with Gasteiger partial charge in [0.25, 0.3) is 0 Å². The van der Waals surface area contributed by atoms with E-state index in [1.165, 1.54) is 30.1 Å². The van der Waals surface area contributed by atoms with Crippen molar-refractivity contribution in [2.24, 2.45) is 10.8 Å². The molecule has 1 aliphatic rings. The molecule has 1 aliphatic heterocycles. The Hall–Kier alpha value is -3.99. The average molecular weight is 684 g/mol. The van der Waals surface area contributed by atoms with Gasteiger partial charge in [-0.3, -0.25) is 14.4 Å². The quantitative estimate of drug-likeness (QED) is 0.153. The number of nitrogens with zero attached hydrogens (tertiary/aromatic N) is 1. The van der Waals surface area contributed by atoms with Crippen LogP contribution in [-0.2, 0) is 40.0 Å². The highest BCUT2D eigenvalue weighted by Crippen LogP contribution is 2.31. The van der Waals surface area contributed by atoms with Crippen molar-refractivity contribution in [1.29, 1.82) is 0 Å². The first-order valence-corrected chi connectivity index (χ1v) is 15.5. The topological polar surface area (TPSA) is 230 Å². The zero-order chi connectivity index (χ0) is 36.4. The molecule has 6 N–H and O–H groups in total. The molecule has 1 heterocycles. The summed E-state index contributed by atoms with van der Waals surface area (Å²) in [5.41, 5.74) is -0.325. The van der Waals surface area contributed by atoms with Gasteiger partial charge < -0.3 is 54.9 Å². The number of amides is 3. The lowest BCUT2D eigenvalue weighted by Crippen LogP contribution is -2.61. The molecule has 1 aromatic carbocycles. The minimum atomic E-state index is -1.93. The number of aliphatic hydroxyl groups is 3. The van der Waals surface area contributed by atoms with Crippen molar-refractivity contribution in [2.45, 2.75) is 98.1 Å². The molecular formula is C32H49N3O13. The normalized spacial score (nSPS) is 21.1. The average Bonchev–Trinajstić information content (AvgIpc) is 2.98. The lowest BCUT2D eigenvalue weighted by atomic mass is 9.90. The zero-order valence-electron chi connectivity index (χ0n) is 28.5. The Kier molecular flexibility index (Phi) is 14.6. The number of anilines is 1. The van der Waals surface area contributed by atoms with E-state index in [0.29, 0.717) is 18.4 Å². The van der Waals surface area contributed by atoms with Crippen molar-refractivity contribution in [3.05, 3.63) is 23.8 Å². The number of carbonyl (C=O) groups is 5. The minimum absolute atomic E-state index is 0.0124. The van der Waals surface area contributed by atoms with Gasteiger partial charge >= 0.3 is 18.0 Å². The number of carbonyl (C=O) groups excluding carboxylic acids is 4. The second-order valence-corrected chi connectivity index (χ2v) is 13.8. The van der Waals surface area contributed by atoms with Crippen LogP contribution in [-0.4, -0.2) is 113 Å². The first-order chi connectivity index (χ1) is 22.2. The maximum atomic E-state index is 12.9. The lowest BCUT2D eigenvalue weighted by Gasteiger charge is -2.38. The van der Waals surface area contributed by atoms with Crippen molar-refractivity contribution < 1.29 is 63.3 Å². The number of nitrogens with one attached hydrogen (secondary N) is 2. The van der Waals surface area contributed by atoms with E-state index in [4.69, 9.17) is 18.9 Å². The van der Waals surface area contributed by atoms with E-state index in [1.54, 1.807) is 20.8 Å². The fourth-order valence-corrected chi connectivity index (χ4v) is 4.09. The maximum absolute atomic E-state index is 12.9. The third-order valence-electron chi connectivity index (χ3n) is 7.10. The Labute approximate surface area is 279 Å². The number of benzene rings is 1. The summed E-state index contributed by atoms with van der Waals surface area (Å²) in [5.74, 6) is -2.88. The monoisotopic (exact) mass is 683 g/mol. The van der Waals surface area contributed by atoms with E-state index in [1.807, 2.05) is 20.8 Å². The number of likely N-dealkylation sites (N-methyl/N-ethyl adjacent to an activating group) is 1. The largest absolute Gasteiger partial charge is 0.479 e. The van der Waals surface area contributed by atoms with Crippen LogP contribution in [0, 0.1) is 10.8 Å². The predicted octanol–water partition coefficient (Wildman–Crippen LogP) is 1.39. The van der Waals surface area contributed by atoms with Crippen LogP contribution in [0.2, 0.25) is 0 Å². The number of ether oxygens (including phenoxy) is 4. The molecule has 0 aliphatic carbocycles. The number of hydrogen-bond acceptors (Lipinski definition) is 12. The highest BCUT2D eigenvalue weighted by molar-refractivity contribution is 5.92. The molecule has 0 unspecified atom stereocenters. The summed E-state index contributed by atoms with van der Waals surface area (Å²) >= 11 is 0. The summed E-state index contributed by atoms with van der Waals surface area (Å²) in [6.07, 6.45) is -9.28. The van der Waals surface area contributed by atoms with Crippen molar-refractivity contribution in [3.63, 3.8) is 0 Å². The van der Waals surface area contributed by atoms with Crippen LogP contribution in [0.15, 0.2) is 18.2 Å². The SMILES string of the molecule is CN(CCOC(=O)C(C)(C)C)C(=O)OCc1ccc(O[C@@H]2O[C@H](C(=O)O)[C@@H](O)[C@H](O)[C@H]2O)c(NC(=O)CCNC(=O)CCC(C)(C)C)c1. The Morgan fingerprint density at radius 1 is 0.917 bits per heavy atom. The summed E-state index contributed by atoms with van der Waals surface area (Å²) in [5, 5.41) is 45.2. The van der Waals surface area contributed by atoms with Gasteiger partial charge in [0.15, 0.2) is 6.10 Å². The van der Waals surface area contributed by atoms with Crippen LogP contribution < -0.4 is 15.4 Å². The van der Waals surface area contributed by atoms with E-state index >= 15 is 0 Å². The zero-order valence-corrected chi connectivity index (χ0v) is 28.5. The lowest BCUT2D eigenvalue weighted by molar-refractivity contribution is -0.271. The van der Waals surface area contributed by atoms with Crippen molar-refractivity contribution >= 4 is 35.5 Å². The molecule has 16 heteroatoms. The third-order valence-corrected chi connectivity index (χ3v) is 7.10. The molecule has 0 aromatic heterocycles. The summed E-state index contributed by atoms with van der Waals surface area (Å²) in [7, 11) is 1.46. The van der Waals surface area contributed by atoms with Crippen LogP contribution in [0.25, 0.3) is 0 Å². The number of carboxylic acid groups (broad SMARTS) is 1. The fourth-order valence-electron chi connectivity index (χ4n) is 4.09. The molecule has 0 saturated carbocycles. The fraction of sp³-hybridized carbons (Fsp3) is 0.656. The number of esters is 1. The Bertz CT molecular complexity index is 1290. The standard InChI is InChI=1S/C32H49N3O13/c1-31(2,3)12-10-21(36)33-13-11-22(37)34-19-16-18(17-46-30(44)35(7)14-15-45-29(43)32(4,5)6)8-9-20(19)47-28-25(40)23(38)24(39)26(48-28)27(41)42/h8-9,16,23-26,28,38-40H,10-15,17H2,1-7H3,(H,33,36)(H,34,37)(H,41,42)/t23-,24-,25+,26-,28+/m0/s1. The number of aliphatic hydroxyl groups excluding tert-OH is 3. The molecule has 1 fully saturated rings. The molecule has 48 heavy (non-hydrogen) atoms. The van der Waals surface area contributed by atoms with Gasteiger partial charge in [-0.15, -0.1) is 0 Å². The van der Waals surface area contributed by atoms with E-state index in [0.717, 1.165) is 0 Å². The Morgan fingerprint density at radius 2 is 1.58 bits per heavy atom. The molecule has 5 atom stereocenters. The summed E-state index contributed by atoms with van der Waals surface area (Å²) in [6.45, 7) is 11.0. The highest BCUT2D eigenvalue weighted by atomic mass is 16.7. The van der Waals surface area contributed by atoms with E-state index < -0.39 is 60.1 Å². The molecule has 1 saturated heterocycles. The van der Waals surface area contributed by atoms with E-state index in [-0.39, 0.29) is 55.5 Å². The molecular weight excluding hydrogens is 634 g/mol. The minimum Gasteiger partial charge on any atom is -0.479 e. The second-order valence-electron chi connectivity index (χ2n) is 13.8. The van der Waals surface area contributed by atoms with Crippen LogP contribution in [0.4, 0.5) is 10.5 Å². The van der Waals surface area contributed by atoms with Gasteiger partial charge in [-0.05, 0) is 50.3 Å². The van der Waals surface area contributed by atoms with Gasteiger partial charge in [-0.25, -0.2) is 9.59 Å². The summed E-state index contributed by atoms with van der Waals surface area (Å²) in [4.78, 5) is 62.2. The predicted molar refractivity (Wildman–Crippen MR) is 170 cm³/mol. The van der Waals surface area contributed by atoms with Crippen LogP contribution in [0.1, 0.15) is 66.4 Å². The number of aliphatic carboxylic acids is 1. The number of carboxylic acids is 1. The number of rotatable bonds is 14. The van der Waals surface area contributed by atoms with Crippen LogP contribution in [0.3, 0.4) is 0 Å². The first-order valence-electron chi connectivity index (χ1n) is 15.5. The molecule has 3 amide bonds. The molecule has 0 spiro atoms. The van der Waals surface area contributed by atoms with Gasteiger partial charge in [0, 0.05) is 26.4 Å². The Balaban J connectivity index is 2.14. The van der Waals surface area contributed by atoms with E-state index in [2.05, 4.69) is 10.6 Å². The molecule has 0 radical (unpaired) electrons. The van der Waals surface area contributed by atoms with Crippen molar-refractivity contribution in [3.8, 4) is 5.75 Å². The highest BCUT2D eigenvalue weighted by Gasteiger charge is 2.48. The molecule has 1 aromatic rings. The van der Waals surface area contributed by atoms with Gasteiger partial charge in [0.05, 0.1) is 17.6 Å². The molecule has 2 rings (SSSR count). The molecule has 0 bridgehead atoms. The van der Waals surface area contributed by atoms with Crippen molar-refractivity contribution in [1.82, 2.24) is 10.2 Å². The molecule has 16 nitrogen and oxygen atoms in total. The van der Waals surface area contributed by atoms with Crippen LogP contribution >= 0.6 is 0 Å². The summed E-state index contributed by atoms with van der Waals surface area (Å²) in [6, 6.07) is 4.21. The smallest absolute Gasteiger partial charge is 0.409 e. The van der Waals surface area contributed by atoms with Crippen molar-refractivity contribution in [2.75, 3.05) is 32.1 Å². The number of hydrogen-bond donors (Lipinski definition) is 6. The maximum Gasteiger partial charge on any atom is 0.409 e. The van der Waals surface area contributed by atoms with Gasteiger partial charge in [-0.2, -0.15) is 0 Å². The molecule has 270 valence electrons. The van der Waals surface area contributed by atoms with Crippen LogP contribution in [0.5, 0.6) is 5.75 Å². The Morgan fingerprint density at radius 3 is 2.19 bits per heavy atom. The second kappa shape index (κ2) is 17.4. The van der Waals surface area contributed by atoms with Gasteiger partial charge in [0.1, 0.15) is 37.3 Å². The van der Waals surface area contributed by atoms with E-state index in [9.17, 15) is 44.4 Å². The van der Waals surface area contributed by atoms with Gasteiger partial charge in [-0.1, -0.05) is 26.8 Å². The first kappa shape index (κ1) is 40.2. The van der Waals surface area contributed by atoms with Gasteiger partial charge in [0.2, 0.25) is 18.1 Å². The third kappa shape index (κ3) is 12.9.